The summed E-state index contributed by atoms with van der Waals surface area (Å²) in [5, 5.41) is 28.0. The maximum absolute atomic E-state index is 12.1. The summed E-state index contributed by atoms with van der Waals surface area (Å²) >= 11 is 0. The van der Waals surface area contributed by atoms with E-state index in [0.29, 0.717) is 6.42 Å². The lowest BCUT2D eigenvalue weighted by molar-refractivity contribution is -0.875. The largest absolute Gasteiger partial charge is 0.481 e. The zero-order valence-electron chi connectivity index (χ0n) is 14.6. The van der Waals surface area contributed by atoms with Crippen molar-refractivity contribution in [1.82, 2.24) is 0 Å². The van der Waals surface area contributed by atoms with Crippen molar-refractivity contribution in [2.24, 2.45) is 0 Å². The number of aliphatic hydroxyl groups excluding tert-OH is 1. The Labute approximate surface area is 138 Å². The summed E-state index contributed by atoms with van der Waals surface area (Å²) in [5.41, 5.74) is -2.01. The molecule has 0 aliphatic heterocycles. The minimum Gasteiger partial charge on any atom is -0.481 e. The first-order chi connectivity index (χ1) is 10.6. The number of likely N-dealkylation sites (N-methyl/N-ethyl adjacent to an activating group) is 1. The molecule has 136 valence electrons. The van der Waals surface area contributed by atoms with Crippen molar-refractivity contribution in [2.45, 2.75) is 50.5 Å². The van der Waals surface area contributed by atoms with Gasteiger partial charge in [-0.15, -0.1) is 0 Å². The Morgan fingerprint density at radius 2 is 1.52 bits per heavy atom. The highest BCUT2D eigenvalue weighted by molar-refractivity contribution is 5.85. The van der Waals surface area contributed by atoms with Crippen LogP contribution in [0.4, 0.5) is 0 Å². The Morgan fingerprint density at radius 1 is 1.00 bits per heavy atom. The topological polar surface area (TPSA) is 104 Å². The van der Waals surface area contributed by atoms with Crippen LogP contribution in [-0.4, -0.2) is 78.2 Å². The summed E-state index contributed by atoms with van der Waals surface area (Å²) in [5.74, 6) is -2.10. The number of nitrogens with zero attached hydrogens (tertiary/aromatic N) is 1. The van der Waals surface area contributed by atoms with E-state index in [9.17, 15) is 14.7 Å². The van der Waals surface area contributed by atoms with Gasteiger partial charge in [0.15, 0.2) is 0 Å². The molecule has 0 heterocycles. The highest BCUT2D eigenvalue weighted by atomic mass is 16.5. The standard InChI is InChI=1S/C16H31NO6/c1-17(2,3)13-16(22,12-14(19)20)15(21)23-11-9-7-5-4-6-8-10-18/h18,22H,4-13H2,1-3H3/p+1. The van der Waals surface area contributed by atoms with Crippen LogP contribution in [0.5, 0.6) is 0 Å². The molecule has 0 aromatic heterocycles. The molecule has 0 spiro atoms. The van der Waals surface area contributed by atoms with Crippen molar-refractivity contribution in [3.05, 3.63) is 0 Å². The van der Waals surface area contributed by atoms with E-state index in [-0.39, 0.29) is 24.2 Å². The van der Waals surface area contributed by atoms with Gasteiger partial charge in [0.1, 0.15) is 6.54 Å². The highest BCUT2D eigenvalue weighted by Crippen LogP contribution is 2.17. The van der Waals surface area contributed by atoms with Gasteiger partial charge >= 0.3 is 11.9 Å². The van der Waals surface area contributed by atoms with Gasteiger partial charge in [-0.2, -0.15) is 0 Å². The van der Waals surface area contributed by atoms with Gasteiger partial charge in [0, 0.05) is 6.61 Å². The third kappa shape index (κ3) is 11.1. The van der Waals surface area contributed by atoms with Crippen molar-refractivity contribution in [1.29, 1.82) is 0 Å². The van der Waals surface area contributed by atoms with Gasteiger partial charge in [-0.05, 0) is 12.8 Å². The van der Waals surface area contributed by atoms with E-state index < -0.39 is 24.0 Å². The molecule has 0 bridgehead atoms. The summed E-state index contributed by atoms with van der Waals surface area (Å²) in [7, 11) is 5.31. The van der Waals surface area contributed by atoms with Gasteiger partial charge in [0.2, 0.25) is 5.60 Å². The predicted molar refractivity (Wildman–Crippen MR) is 85.8 cm³/mol. The van der Waals surface area contributed by atoms with Crippen LogP contribution in [0, 0.1) is 0 Å². The number of quaternary nitrogens is 1. The minimum absolute atomic E-state index is 0.0285. The number of aliphatic carboxylic acids is 1. The average molecular weight is 334 g/mol. The van der Waals surface area contributed by atoms with Gasteiger partial charge < -0.3 is 24.5 Å². The molecular weight excluding hydrogens is 302 g/mol. The van der Waals surface area contributed by atoms with Crippen molar-refractivity contribution in [3.63, 3.8) is 0 Å². The molecule has 0 amide bonds. The number of ether oxygens (including phenoxy) is 1. The highest BCUT2D eigenvalue weighted by Gasteiger charge is 2.45. The number of carboxylic acid groups (broad SMARTS) is 1. The van der Waals surface area contributed by atoms with Crippen LogP contribution >= 0.6 is 0 Å². The predicted octanol–water partition coefficient (Wildman–Crippen LogP) is 0.774. The zero-order chi connectivity index (χ0) is 17.9. The van der Waals surface area contributed by atoms with E-state index in [0.717, 1.165) is 32.1 Å². The number of carboxylic acids is 1. The first-order valence-electron chi connectivity index (χ1n) is 8.13. The average Bonchev–Trinajstić information content (AvgIpc) is 2.38. The Bertz CT molecular complexity index is 366. The van der Waals surface area contributed by atoms with Crippen LogP contribution in [0.2, 0.25) is 0 Å². The molecule has 0 aromatic rings. The molecule has 3 N–H and O–H groups in total. The van der Waals surface area contributed by atoms with E-state index in [1.54, 1.807) is 21.1 Å². The van der Waals surface area contributed by atoms with Crippen LogP contribution in [-0.2, 0) is 14.3 Å². The van der Waals surface area contributed by atoms with Crippen molar-refractivity contribution in [3.8, 4) is 0 Å². The number of carbonyl (C=O) groups excluding carboxylic acids is 1. The van der Waals surface area contributed by atoms with E-state index in [2.05, 4.69) is 0 Å². The SMILES string of the molecule is C[N+](C)(C)CC(O)(CC(=O)O)C(=O)OCCCCCCCCO. The number of unbranched alkanes of at least 4 members (excludes halogenated alkanes) is 5. The van der Waals surface area contributed by atoms with E-state index in [1.807, 2.05) is 0 Å². The second-order valence-corrected chi connectivity index (χ2v) is 7.03. The minimum atomic E-state index is -2.01. The van der Waals surface area contributed by atoms with Gasteiger partial charge in [-0.1, -0.05) is 25.7 Å². The van der Waals surface area contributed by atoms with Gasteiger partial charge in [0.05, 0.1) is 34.2 Å². The molecule has 23 heavy (non-hydrogen) atoms. The number of rotatable bonds is 13. The Balaban J connectivity index is 4.22. The number of esters is 1. The van der Waals surface area contributed by atoms with Gasteiger partial charge in [0.25, 0.3) is 0 Å². The molecule has 7 nitrogen and oxygen atoms in total. The van der Waals surface area contributed by atoms with Crippen LogP contribution in [0.15, 0.2) is 0 Å². The molecule has 0 aliphatic carbocycles. The number of carbonyl (C=O) groups is 2. The molecule has 0 saturated heterocycles. The molecule has 7 heteroatoms. The quantitative estimate of drug-likeness (QED) is 0.261. The van der Waals surface area contributed by atoms with Crippen LogP contribution in [0.3, 0.4) is 0 Å². The maximum atomic E-state index is 12.1. The molecule has 0 saturated carbocycles. The molecule has 0 fully saturated rings. The summed E-state index contributed by atoms with van der Waals surface area (Å²) in [4.78, 5) is 23.0. The lowest BCUT2D eigenvalue weighted by Gasteiger charge is -2.33. The first kappa shape index (κ1) is 21.8. The third-order valence-electron chi connectivity index (χ3n) is 3.35. The second-order valence-electron chi connectivity index (χ2n) is 7.03. The van der Waals surface area contributed by atoms with Gasteiger partial charge in [-0.25, -0.2) is 4.79 Å². The van der Waals surface area contributed by atoms with Crippen molar-refractivity contribution in [2.75, 3.05) is 40.9 Å². The fourth-order valence-electron chi connectivity index (χ4n) is 2.45. The second kappa shape index (κ2) is 10.6. The fourth-order valence-corrected chi connectivity index (χ4v) is 2.45. The zero-order valence-corrected chi connectivity index (χ0v) is 14.6. The molecule has 0 rings (SSSR count). The molecular formula is C16H32NO6+. The van der Waals surface area contributed by atoms with Crippen LogP contribution in [0.25, 0.3) is 0 Å². The monoisotopic (exact) mass is 334 g/mol. The maximum Gasteiger partial charge on any atom is 0.344 e. The molecule has 1 atom stereocenters. The number of hydrogen-bond donors (Lipinski definition) is 3. The smallest absolute Gasteiger partial charge is 0.344 e. The molecule has 0 radical (unpaired) electrons. The normalized spacial score (nSPS) is 14.3. The van der Waals surface area contributed by atoms with Gasteiger partial charge in [-0.3, -0.25) is 4.79 Å². The fraction of sp³-hybridized carbons (Fsp3) is 0.875. The van der Waals surface area contributed by atoms with Crippen molar-refractivity contribution < 1.29 is 34.1 Å². The third-order valence-corrected chi connectivity index (χ3v) is 3.35. The lowest BCUT2D eigenvalue weighted by Crippen LogP contribution is -2.55. The summed E-state index contributed by atoms with van der Waals surface area (Å²) in [6.07, 6.45) is 4.72. The lowest BCUT2D eigenvalue weighted by atomic mass is 9.98. The summed E-state index contributed by atoms with van der Waals surface area (Å²) in [6.45, 7) is 0.364. The summed E-state index contributed by atoms with van der Waals surface area (Å²) < 4.78 is 5.33. The molecule has 1 unspecified atom stereocenters. The Morgan fingerprint density at radius 3 is 2.00 bits per heavy atom. The molecule has 0 aliphatic rings. The van der Waals surface area contributed by atoms with Crippen molar-refractivity contribution >= 4 is 11.9 Å². The Kier molecular flexibility index (Phi) is 10.0. The summed E-state index contributed by atoms with van der Waals surface area (Å²) in [6, 6.07) is 0. The first-order valence-corrected chi connectivity index (χ1v) is 8.13. The van der Waals surface area contributed by atoms with E-state index in [4.69, 9.17) is 14.9 Å². The van der Waals surface area contributed by atoms with Crippen LogP contribution < -0.4 is 0 Å². The Hall–Kier alpha value is -1.18. The number of hydrogen-bond acceptors (Lipinski definition) is 5. The van der Waals surface area contributed by atoms with E-state index >= 15 is 0 Å². The van der Waals surface area contributed by atoms with E-state index in [1.165, 1.54) is 0 Å². The number of aliphatic hydroxyl groups is 2. The van der Waals surface area contributed by atoms with Crippen LogP contribution in [0.1, 0.15) is 44.9 Å². The molecule has 0 aromatic carbocycles.